The standard InChI is InChI=1S/C27H48O8Si/c1-11-13-17(3)23-26(8,34-23)24(35-36(9,10)25(5,6)7)20(15-32-18(4)28)22(30)19-16-33-27(31,12-2)14-21(19)29/h11,13,17,19-21,23-24,29,31H,12,14-16H2,1-10H3/t17-,19+,20-,21+,23+,24-,26?,27?/m0/s1. The van der Waals surface area contributed by atoms with Crippen LogP contribution in [0.2, 0.25) is 18.1 Å². The number of epoxide rings is 1. The van der Waals surface area contributed by atoms with Crippen molar-refractivity contribution in [2.45, 2.75) is 116 Å². The zero-order valence-electron chi connectivity index (χ0n) is 23.8. The number of esters is 1. The maximum absolute atomic E-state index is 14.0. The normalized spacial score (nSPS) is 33.7. The van der Waals surface area contributed by atoms with Gasteiger partial charge in [0.2, 0.25) is 0 Å². The summed E-state index contributed by atoms with van der Waals surface area (Å²) in [6.45, 7) is 19.3. The highest BCUT2D eigenvalue weighted by molar-refractivity contribution is 6.74. The molecule has 8 nitrogen and oxygen atoms in total. The Morgan fingerprint density at radius 1 is 1.28 bits per heavy atom. The van der Waals surface area contributed by atoms with E-state index in [0.29, 0.717) is 6.42 Å². The van der Waals surface area contributed by atoms with E-state index in [4.69, 9.17) is 18.6 Å². The minimum absolute atomic E-state index is 0.0668. The first kappa shape index (κ1) is 31.1. The lowest BCUT2D eigenvalue weighted by Gasteiger charge is -2.44. The Bertz CT molecular complexity index is 821. The molecule has 2 aliphatic heterocycles. The molecular formula is C27H48O8Si. The molecule has 0 saturated carbocycles. The summed E-state index contributed by atoms with van der Waals surface area (Å²) in [5.41, 5.74) is -0.778. The molecule has 2 aliphatic rings. The molecule has 2 N–H and O–H groups in total. The molecule has 36 heavy (non-hydrogen) atoms. The lowest BCUT2D eigenvalue weighted by Crippen LogP contribution is -2.57. The number of aliphatic hydroxyl groups is 2. The van der Waals surface area contributed by atoms with Gasteiger partial charge in [0, 0.05) is 19.3 Å². The van der Waals surface area contributed by atoms with Gasteiger partial charge < -0.3 is 28.8 Å². The van der Waals surface area contributed by atoms with E-state index in [9.17, 15) is 19.8 Å². The van der Waals surface area contributed by atoms with Gasteiger partial charge in [-0.15, -0.1) is 0 Å². The van der Waals surface area contributed by atoms with Gasteiger partial charge >= 0.3 is 5.97 Å². The van der Waals surface area contributed by atoms with Crippen LogP contribution in [0.15, 0.2) is 12.2 Å². The smallest absolute Gasteiger partial charge is 0.302 e. The summed E-state index contributed by atoms with van der Waals surface area (Å²) < 4.78 is 24.2. The Morgan fingerprint density at radius 3 is 2.36 bits per heavy atom. The van der Waals surface area contributed by atoms with Crippen molar-refractivity contribution in [1.82, 2.24) is 0 Å². The minimum Gasteiger partial charge on any atom is -0.465 e. The van der Waals surface area contributed by atoms with Crippen molar-refractivity contribution in [1.29, 1.82) is 0 Å². The van der Waals surface area contributed by atoms with Crippen LogP contribution in [0.1, 0.15) is 68.2 Å². The van der Waals surface area contributed by atoms with E-state index >= 15 is 0 Å². The Morgan fingerprint density at radius 2 is 1.89 bits per heavy atom. The van der Waals surface area contributed by atoms with Crippen molar-refractivity contribution in [3.05, 3.63) is 12.2 Å². The predicted molar refractivity (Wildman–Crippen MR) is 140 cm³/mol. The second-order valence-corrected chi connectivity index (χ2v) is 17.0. The van der Waals surface area contributed by atoms with E-state index in [1.165, 1.54) is 6.92 Å². The summed E-state index contributed by atoms with van der Waals surface area (Å²) in [5.74, 6) is -3.92. The van der Waals surface area contributed by atoms with Crippen molar-refractivity contribution < 1.29 is 38.4 Å². The average Bonchev–Trinajstić information content (AvgIpc) is 3.45. The Labute approximate surface area is 217 Å². The van der Waals surface area contributed by atoms with Crippen LogP contribution >= 0.6 is 0 Å². The number of ketones is 1. The number of carbonyl (C=O) groups is 2. The van der Waals surface area contributed by atoms with Crippen LogP contribution in [-0.4, -0.2) is 73.2 Å². The third-order valence-electron chi connectivity index (χ3n) is 8.29. The number of aliphatic hydroxyl groups excluding tert-OH is 1. The predicted octanol–water partition coefficient (Wildman–Crippen LogP) is 3.99. The number of Topliss-reactive ketones (excluding diaryl/α,β-unsaturated/α-hetero) is 1. The van der Waals surface area contributed by atoms with E-state index in [1.54, 1.807) is 6.92 Å². The summed E-state index contributed by atoms with van der Waals surface area (Å²) >= 11 is 0. The number of carbonyl (C=O) groups excluding carboxylic acids is 2. The van der Waals surface area contributed by atoms with Crippen molar-refractivity contribution in [2.24, 2.45) is 17.8 Å². The van der Waals surface area contributed by atoms with Gasteiger partial charge in [0.15, 0.2) is 14.1 Å². The maximum Gasteiger partial charge on any atom is 0.302 e. The van der Waals surface area contributed by atoms with Crippen molar-refractivity contribution in [3.8, 4) is 0 Å². The highest BCUT2D eigenvalue weighted by Crippen LogP contribution is 2.51. The molecule has 0 bridgehead atoms. The molecule has 208 valence electrons. The maximum atomic E-state index is 14.0. The van der Waals surface area contributed by atoms with Crippen LogP contribution in [0.25, 0.3) is 0 Å². The van der Waals surface area contributed by atoms with Gasteiger partial charge in [0.1, 0.15) is 18.0 Å². The highest BCUT2D eigenvalue weighted by atomic mass is 28.4. The summed E-state index contributed by atoms with van der Waals surface area (Å²) in [7, 11) is -2.41. The quantitative estimate of drug-likeness (QED) is 0.179. The molecule has 8 atom stereocenters. The first-order valence-corrected chi connectivity index (χ1v) is 16.0. The van der Waals surface area contributed by atoms with Gasteiger partial charge in [0.25, 0.3) is 0 Å². The van der Waals surface area contributed by atoms with E-state index < -0.39 is 49.7 Å². The third kappa shape index (κ3) is 6.85. The Balaban J connectivity index is 2.48. The van der Waals surface area contributed by atoms with Gasteiger partial charge in [-0.05, 0) is 38.4 Å². The number of allylic oxidation sites excluding steroid dienone is 1. The van der Waals surface area contributed by atoms with Crippen molar-refractivity contribution >= 4 is 20.1 Å². The van der Waals surface area contributed by atoms with Gasteiger partial charge in [-0.25, -0.2) is 0 Å². The van der Waals surface area contributed by atoms with Crippen LogP contribution in [0.3, 0.4) is 0 Å². The molecule has 0 aromatic carbocycles. The fraction of sp³-hybridized carbons (Fsp3) is 0.852. The molecule has 0 amide bonds. The molecule has 2 saturated heterocycles. The van der Waals surface area contributed by atoms with Gasteiger partial charge in [-0.1, -0.05) is 46.8 Å². The fourth-order valence-corrected chi connectivity index (χ4v) is 6.18. The minimum atomic E-state index is -2.41. The number of ether oxygens (including phenoxy) is 3. The van der Waals surface area contributed by atoms with Crippen molar-refractivity contribution in [3.63, 3.8) is 0 Å². The van der Waals surface area contributed by atoms with Crippen LogP contribution in [-0.2, 0) is 28.2 Å². The first-order chi connectivity index (χ1) is 16.4. The number of hydrogen-bond acceptors (Lipinski definition) is 8. The van der Waals surface area contributed by atoms with Crippen LogP contribution in [0.4, 0.5) is 0 Å². The average molecular weight is 529 g/mol. The van der Waals surface area contributed by atoms with Gasteiger partial charge in [-0.2, -0.15) is 0 Å². The Kier molecular flexibility index (Phi) is 9.79. The monoisotopic (exact) mass is 528 g/mol. The lowest BCUT2D eigenvalue weighted by molar-refractivity contribution is -0.258. The zero-order valence-corrected chi connectivity index (χ0v) is 24.8. The topological polar surface area (TPSA) is 115 Å². The number of rotatable bonds is 11. The van der Waals surface area contributed by atoms with Crippen LogP contribution in [0, 0.1) is 17.8 Å². The lowest BCUT2D eigenvalue weighted by atomic mass is 9.78. The Hall–Kier alpha value is -1.10. The zero-order chi connectivity index (χ0) is 27.7. The summed E-state index contributed by atoms with van der Waals surface area (Å²) in [5, 5.41) is 21.2. The van der Waals surface area contributed by atoms with Crippen LogP contribution in [0.5, 0.6) is 0 Å². The summed E-state index contributed by atoms with van der Waals surface area (Å²) in [4.78, 5) is 25.8. The van der Waals surface area contributed by atoms with Gasteiger partial charge in [0.05, 0.1) is 36.8 Å². The van der Waals surface area contributed by atoms with Gasteiger partial charge in [-0.3, -0.25) is 9.59 Å². The van der Waals surface area contributed by atoms with E-state index in [1.807, 2.05) is 19.9 Å². The fourth-order valence-electron chi connectivity index (χ4n) is 4.80. The van der Waals surface area contributed by atoms with Crippen LogP contribution < -0.4 is 0 Å². The molecule has 0 aliphatic carbocycles. The third-order valence-corrected chi connectivity index (χ3v) is 12.7. The number of hydrogen-bond donors (Lipinski definition) is 2. The molecule has 2 heterocycles. The van der Waals surface area contributed by atoms with Crippen molar-refractivity contribution in [2.75, 3.05) is 13.2 Å². The molecular weight excluding hydrogens is 480 g/mol. The van der Waals surface area contributed by atoms with E-state index in [2.05, 4.69) is 46.9 Å². The largest absolute Gasteiger partial charge is 0.465 e. The molecule has 9 heteroatoms. The van der Waals surface area contributed by atoms with E-state index in [0.717, 1.165) is 0 Å². The second-order valence-electron chi connectivity index (χ2n) is 12.2. The molecule has 0 radical (unpaired) electrons. The molecule has 0 aromatic heterocycles. The summed E-state index contributed by atoms with van der Waals surface area (Å²) in [6.07, 6.45) is 2.32. The second kappa shape index (κ2) is 11.3. The summed E-state index contributed by atoms with van der Waals surface area (Å²) in [6, 6.07) is 0. The molecule has 0 spiro atoms. The molecule has 2 rings (SSSR count). The molecule has 2 fully saturated rings. The SMILES string of the molecule is CC=C[C@H](C)[C@H]1OC1(C)[C@@H](O[Si](C)(C)C(C)(C)C)[C@@H](COC(C)=O)C(=O)[C@@H]1COC(O)(CC)C[C@H]1O. The highest BCUT2D eigenvalue weighted by Gasteiger charge is 2.64. The molecule has 0 aromatic rings. The first-order valence-electron chi connectivity index (χ1n) is 13.1. The molecule has 2 unspecified atom stereocenters. The van der Waals surface area contributed by atoms with E-state index in [-0.39, 0.29) is 42.5 Å².